The highest BCUT2D eigenvalue weighted by Gasteiger charge is 2.18. The topological polar surface area (TPSA) is 69.9 Å². The summed E-state index contributed by atoms with van der Waals surface area (Å²) in [5.74, 6) is 0. The molecule has 0 bridgehead atoms. The minimum Gasteiger partial charge on any atom is -0.394 e. The third-order valence-electron chi connectivity index (χ3n) is 2.21. The molecule has 0 saturated carbocycles. The van der Waals surface area contributed by atoms with Gasteiger partial charge in [0.1, 0.15) is 12.2 Å². The van der Waals surface area contributed by atoms with Crippen LogP contribution in [-0.2, 0) is 11.3 Å². The number of aliphatic hydroxyl groups is 3. The normalized spacial score (nSPS) is 14.8. The van der Waals surface area contributed by atoms with Gasteiger partial charge < -0.3 is 20.1 Å². The third kappa shape index (κ3) is 3.73. The number of halogens is 1. The highest BCUT2D eigenvalue weighted by Crippen LogP contribution is 2.16. The molecule has 0 amide bonds. The van der Waals surface area contributed by atoms with Crippen LogP contribution in [0.1, 0.15) is 5.56 Å². The van der Waals surface area contributed by atoms with Crippen LogP contribution >= 0.6 is 11.6 Å². The Morgan fingerprint density at radius 1 is 1.19 bits per heavy atom. The Kier molecular flexibility index (Phi) is 5.73. The molecule has 2 atom stereocenters. The molecular formula is C11H15ClO4. The van der Waals surface area contributed by atoms with Gasteiger partial charge in [0, 0.05) is 5.02 Å². The van der Waals surface area contributed by atoms with E-state index >= 15 is 0 Å². The van der Waals surface area contributed by atoms with E-state index in [0.29, 0.717) is 5.02 Å². The van der Waals surface area contributed by atoms with E-state index < -0.39 is 18.8 Å². The lowest BCUT2D eigenvalue weighted by Gasteiger charge is -2.19. The first kappa shape index (κ1) is 13.4. The molecular weight excluding hydrogens is 232 g/mol. The number of benzene rings is 1. The van der Waals surface area contributed by atoms with Gasteiger partial charge in [0.2, 0.25) is 0 Å². The smallest absolute Gasteiger partial charge is 0.109 e. The van der Waals surface area contributed by atoms with Gasteiger partial charge >= 0.3 is 0 Å². The van der Waals surface area contributed by atoms with E-state index in [4.69, 9.17) is 26.6 Å². The number of ether oxygens (including phenoxy) is 1. The van der Waals surface area contributed by atoms with Gasteiger partial charge in [-0.2, -0.15) is 0 Å². The van der Waals surface area contributed by atoms with Crippen LogP contribution in [0.4, 0.5) is 0 Å². The van der Waals surface area contributed by atoms with Crippen LogP contribution in [-0.4, -0.2) is 40.7 Å². The van der Waals surface area contributed by atoms with E-state index in [1.807, 2.05) is 6.07 Å². The summed E-state index contributed by atoms with van der Waals surface area (Å²) in [6.07, 6.45) is -1.89. The van der Waals surface area contributed by atoms with Crippen LogP contribution in [0.2, 0.25) is 5.02 Å². The van der Waals surface area contributed by atoms with E-state index in [0.717, 1.165) is 5.56 Å². The average molecular weight is 247 g/mol. The monoisotopic (exact) mass is 246 g/mol. The highest BCUT2D eigenvalue weighted by atomic mass is 35.5. The van der Waals surface area contributed by atoms with E-state index in [9.17, 15) is 5.11 Å². The number of rotatable bonds is 6. The zero-order valence-corrected chi connectivity index (χ0v) is 9.47. The quantitative estimate of drug-likeness (QED) is 0.687. The minimum atomic E-state index is -1.09. The van der Waals surface area contributed by atoms with Crippen molar-refractivity contribution >= 4 is 11.6 Å². The van der Waals surface area contributed by atoms with Crippen molar-refractivity contribution in [3.05, 3.63) is 34.9 Å². The largest absolute Gasteiger partial charge is 0.394 e. The van der Waals surface area contributed by atoms with E-state index in [1.54, 1.807) is 18.2 Å². The molecule has 0 fully saturated rings. The summed E-state index contributed by atoms with van der Waals surface area (Å²) in [6, 6.07) is 7.15. The van der Waals surface area contributed by atoms with Crippen molar-refractivity contribution < 1.29 is 20.1 Å². The lowest BCUT2D eigenvalue weighted by atomic mass is 10.2. The molecule has 5 heteroatoms. The van der Waals surface area contributed by atoms with Crippen LogP contribution in [0.15, 0.2) is 24.3 Å². The Bertz CT molecular complexity index is 319. The van der Waals surface area contributed by atoms with Gasteiger partial charge in [-0.05, 0) is 11.6 Å². The SMILES string of the molecule is OC[C@@H](O)[C@@H](CO)OCc1ccccc1Cl. The molecule has 1 aromatic rings. The lowest BCUT2D eigenvalue weighted by molar-refractivity contribution is -0.0860. The van der Waals surface area contributed by atoms with E-state index in [1.165, 1.54) is 0 Å². The molecule has 0 radical (unpaired) electrons. The summed E-state index contributed by atoms with van der Waals surface area (Å²) in [5.41, 5.74) is 0.771. The Morgan fingerprint density at radius 3 is 2.44 bits per heavy atom. The number of hydrogen-bond acceptors (Lipinski definition) is 4. The first-order valence-electron chi connectivity index (χ1n) is 4.93. The molecule has 1 aromatic carbocycles. The molecule has 0 aliphatic heterocycles. The molecule has 90 valence electrons. The number of aliphatic hydroxyl groups excluding tert-OH is 3. The molecule has 4 nitrogen and oxygen atoms in total. The fraction of sp³-hybridized carbons (Fsp3) is 0.455. The van der Waals surface area contributed by atoms with Gasteiger partial charge in [-0.1, -0.05) is 29.8 Å². The molecule has 0 heterocycles. The predicted octanol–water partition coefficient (Wildman–Crippen LogP) is 0.571. The zero-order valence-electron chi connectivity index (χ0n) is 8.71. The Hall–Kier alpha value is -0.650. The number of hydrogen-bond donors (Lipinski definition) is 3. The summed E-state index contributed by atoms with van der Waals surface area (Å²) in [7, 11) is 0. The fourth-order valence-electron chi connectivity index (χ4n) is 1.22. The molecule has 0 unspecified atom stereocenters. The van der Waals surface area contributed by atoms with Gasteiger partial charge in [-0.3, -0.25) is 0 Å². The summed E-state index contributed by atoms with van der Waals surface area (Å²) in [5, 5.41) is 27.5. The maximum Gasteiger partial charge on any atom is 0.109 e. The first-order chi connectivity index (χ1) is 7.69. The first-order valence-corrected chi connectivity index (χ1v) is 5.31. The van der Waals surface area contributed by atoms with Crippen molar-refractivity contribution in [1.29, 1.82) is 0 Å². The molecule has 1 rings (SSSR count). The van der Waals surface area contributed by atoms with Gasteiger partial charge in [0.25, 0.3) is 0 Å². The summed E-state index contributed by atoms with van der Waals surface area (Å²) < 4.78 is 5.27. The predicted molar refractivity (Wildman–Crippen MR) is 60.2 cm³/mol. The molecule has 0 aromatic heterocycles. The van der Waals surface area contributed by atoms with Crippen molar-refractivity contribution in [3.8, 4) is 0 Å². The van der Waals surface area contributed by atoms with E-state index in [-0.39, 0.29) is 13.2 Å². The Morgan fingerprint density at radius 2 is 1.88 bits per heavy atom. The maximum absolute atomic E-state index is 9.30. The minimum absolute atomic E-state index is 0.182. The van der Waals surface area contributed by atoms with Gasteiger partial charge in [0.15, 0.2) is 0 Å². The van der Waals surface area contributed by atoms with Crippen LogP contribution in [0.3, 0.4) is 0 Å². The molecule has 3 N–H and O–H groups in total. The summed E-state index contributed by atoms with van der Waals surface area (Å²) in [6.45, 7) is -0.623. The second-order valence-corrected chi connectivity index (χ2v) is 3.78. The highest BCUT2D eigenvalue weighted by molar-refractivity contribution is 6.31. The molecule has 0 saturated heterocycles. The van der Waals surface area contributed by atoms with Crippen LogP contribution in [0.5, 0.6) is 0 Å². The lowest BCUT2D eigenvalue weighted by Crippen LogP contribution is -2.35. The van der Waals surface area contributed by atoms with Crippen molar-refractivity contribution in [2.45, 2.75) is 18.8 Å². The van der Waals surface area contributed by atoms with Crippen molar-refractivity contribution in [2.75, 3.05) is 13.2 Å². The van der Waals surface area contributed by atoms with Crippen LogP contribution < -0.4 is 0 Å². The Balaban J connectivity index is 2.53. The Labute approximate surface area is 99.1 Å². The second kappa shape index (κ2) is 6.83. The summed E-state index contributed by atoms with van der Waals surface area (Å²) in [4.78, 5) is 0. The molecule has 0 spiro atoms. The zero-order chi connectivity index (χ0) is 12.0. The van der Waals surface area contributed by atoms with E-state index in [2.05, 4.69) is 0 Å². The third-order valence-corrected chi connectivity index (χ3v) is 2.58. The van der Waals surface area contributed by atoms with Crippen LogP contribution in [0, 0.1) is 0 Å². The standard InChI is InChI=1S/C11H15ClO4/c12-9-4-2-1-3-8(9)7-16-11(6-14)10(15)5-13/h1-4,10-11,13-15H,5-7H2/t10-,11-/m1/s1. The second-order valence-electron chi connectivity index (χ2n) is 3.37. The summed E-state index contributed by atoms with van der Waals surface area (Å²) >= 11 is 5.91. The van der Waals surface area contributed by atoms with Crippen molar-refractivity contribution in [2.24, 2.45) is 0 Å². The van der Waals surface area contributed by atoms with Crippen molar-refractivity contribution in [3.63, 3.8) is 0 Å². The molecule has 0 aliphatic carbocycles. The molecule has 16 heavy (non-hydrogen) atoms. The van der Waals surface area contributed by atoms with Gasteiger partial charge in [0.05, 0.1) is 19.8 Å². The fourth-order valence-corrected chi connectivity index (χ4v) is 1.41. The average Bonchev–Trinajstić information content (AvgIpc) is 2.31. The van der Waals surface area contributed by atoms with Gasteiger partial charge in [-0.25, -0.2) is 0 Å². The molecule has 0 aliphatic rings. The van der Waals surface area contributed by atoms with Gasteiger partial charge in [-0.15, -0.1) is 0 Å². The maximum atomic E-state index is 9.30. The van der Waals surface area contributed by atoms with Crippen molar-refractivity contribution in [1.82, 2.24) is 0 Å². The van der Waals surface area contributed by atoms with Crippen LogP contribution in [0.25, 0.3) is 0 Å².